The molecule has 0 saturated heterocycles. The molecule has 0 amide bonds. The van der Waals surface area contributed by atoms with Gasteiger partial charge in [0.1, 0.15) is 0 Å². The molecule has 3 heteroatoms. The van der Waals surface area contributed by atoms with Crippen molar-refractivity contribution in [3.63, 3.8) is 0 Å². The number of hydrogen-bond acceptors (Lipinski definition) is 2. The van der Waals surface area contributed by atoms with Crippen LogP contribution in [0.15, 0.2) is 22.8 Å². The Morgan fingerprint density at radius 3 is 3.00 bits per heavy atom. The van der Waals surface area contributed by atoms with Crippen molar-refractivity contribution in [2.24, 2.45) is 5.73 Å². The van der Waals surface area contributed by atoms with Crippen molar-refractivity contribution in [3.8, 4) is 0 Å². The molecular weight excluding hydrogens is 204 g/mol. The van der Waals surface area contributed by atoms with E-state index in [1.807, 2.05) is 19.1 Å². The van der Waals surface area contributed by atoms with Crippen LogP contribution in [0.1, 0.15) is 25.1 Å². The second-order valence-electron chi connectivity index (χ2n) is 2.39. The van der Waals surface area contributed by atoms with Crippen LogP contribution in [0.3, 0.4) is 0 Å². The van der Waals surface area contributed by atoms with Gasteiger partial charge in [-0.25, -0.2) is 0 Å². The molecule has 1 aromatic rings. The first-order valence-corrected chi connectivity index (χ1v) is 4.41. The lowest BCUT2D eigenvalue weighted by Crippen LogP contribution is -2.10. The molecule has 1 heterocycles. The summed E-state index contributed by atoms with van der Waals surface area (Å²) in [6, 6.07) is 3.89. The van der Waals surface area contributed by atoms with Crippen molar-refractivity contribution in [1.82, 2.24) is 4.98 Å². The summed E-state index contributed by atoms with van der Waals surface area (Å²) in [6.45, 7) is 2.05. The molecule has 0 saturated carbocycles. The molecule has 1 aromatic heterocycles. The van der Waals surface area contributed by atoms with Gasteiger partial charge in [-0.2, -0.15) is 0 Å². The summed E-state index contributed by atoms with van der Waals surface area (Å²) < 4.78 is 0.995. The maximum absolute atomic E-state index is 5.80. The van der Waals surface area contributed by atoms with Gasteiger partial charge in [0.05, 0.1) is 5.69 Å². The summed E-state index contributed by atoms with van der Waals surface area (Å²) >= 11 is 3.40. The minimum Gasteiger partial charge on any atom is -0.323 e. The zero-order valence-corrected chi connectivity index (χ0v) is 8.01. The molecule has 11 heavy (non-hydrogen) atoms. The number of nitrogens with zero attached hydrogens (tertiary/aromatic N) is 1. The average molecular weight is 215 g/mol. The topological polar surface area (TPSA) is 38.9 Å². The van der Waals surface area contributed by atoms with E-state index in [-0.39, 0.29) is 6.04 Å². The first kappa shape index (κ1) is 8.68. The third-order valence-corrected chi connectivity index (χ3v) is 2.25. The van der Waals surface area contributed by atoms with E-state index in [9.17, 15) is 0 Å². The van der Waals surface area contributed by atoms with Crippen molar-refractivity contribution >= 4 is 15.9 Å². The van der Waals surface area contributed by atoms with Gasteiger partial charge in [-0.1, -0.05) is 6.92 Å². The molecule has 0 aliphatic heterocycles. The molecule has 60 valence electrons. The minimum atomic E-state index is 0.0468. The van der Waals surface area contributed by atoms with Gasteiger partial charge in [-0.15, -0.1) is 0 Å². The van der Waals surface area contributed by atoms with Crippen molar-refractivity contribution in [2.45, 2.75) is 19.4 Å². The van der Waals surface area contributed by atoms with Crippen LogP contribution in [0.2, 0.25) is 0 Å². The summed E-state index contributed by atoms with van der Waals surface area (Å²) in [5.74, 6) is 0. The zero-order chi connectivity index (χ0) is 8.27. The predicted molar refractivity (Wildman–Crippen MR) is 49.2 cm³/mol. The van der Waals surface area contributed by atoms with Crippen LogP contribution >= 0.6 is 15.9 Å². The number of hydrogen-bond donors (Lipinski definition) is 1. The summed E-state index contributed by atoms with van der Waals surface area (Å²) in [5.41, 5.74) is 6.74. The maximum atomic E-state index is 5.80. The molecular formula is C8H11BrN2. The maximum Gasteiger partial charge on any atom is 0.0712 e. The molecule has 0 aromatic carbocycles. The van der Waals surface area contributed by atoms with Crippen LogP contribution in [-0.4, -0.2) is 4.98 Å². The fraction of sp³-hybridized carbons (Fsp3) is 0.375. The third-order valence-electron chi connectivity index (χ3n) is 1.58. The SMILES string of the molecule is CC[C@H](N)c1ncccc1Br. The monoisotopic (exact) mass is 214 g/mol. The smallest absolute Gasteiger partial charge is 0.0712 e. The Labute approximate surface area is 75.0 Å². The predicted octanol–water partition coefficient (Wildman–Crippen LogP) is 2.25. The van der Waals surface area contributed by atoms with Crippen LogP contribution in [0, 0.1) is 0 Å². The number of nitrogens with two attached hydrogens (primary N) is 1. The van der Waals surface area contributed by atoms with E-state index in [1.54, 1.807) is 6.20 Å². The van der Waals surface area contributed by atoms with Crippen LogP contribution < -0.4 is 5.73 Å². The van der Waals surface area contributed by atoms with Gasteiger partial charge in [-0.3, -0.25) is 4.98 Å². The standard InChI is InChI=1S/C8H11BrN2/c1-2-7(10)8-6(9)4-3-5-11-8/h3-5,7H,2,10H2,1H3/t7-/m0/s1. The summed E-state index contributed by atoms with van der Waals surface area (Å²) in [5, 5.41) is 0. The Balaban J connectivity index is 2.93. The fourth-order valence-electron chi connectivity index (χ4n) is 0.864. The number of aromatic nitrogens is 1. The molecule has 2 nitrogen and oxygen atoms in total. The Morgan fingerprint density at radius 1 is 1.73 bits per heavy atom. The lowest BCUT2D eigenvalue weighted by atomic mass is 10.1. The van der Waals surface area contributed by atoms with Crippen LogP contribution in [0.5, 0.6) is 0 Å². The second-order valence-corrected chi connectivity index (χ2v) is 3.24. The minimum absolute atomic E-state index is 0.0468. The third kappa shape index (κ3) is 2.01. The van der Waals surface area contributed by atoms with Gasteiger partial charge in [-0.05, 0) is 34.5 Å². The van der Waals surface area contributed by atoms with E-state index in [2.05, 4.69) is 20.9 Å². The average Bonchev–Trinajstić information content (AvgIpc) is 2.04. The molecule has 0 aliphatic rings. The van der Waals surface area contributed by atoms with Gasteiger partial charge in [0.15, 0.2) is 0 Å². The van der Waals surface area contributed by atoms with Gasteiger partial charge in [0.2, 0.25) is 0 Å². The van der Waals surface area contributed by atoms with Gasteiger partial charge in [0.25, 0.3) is 0 Å². The second kappa shape index (κ2) is 3.83. The van der Waals surface area contributed by atoms with Gasteiger partial charge < -0.3 is 5.73 Å². The van der Waals surface area contributed by atoms with E-state index in [0.29, 0.717) is 0 Å². The highest BCUT2D eigenvalue weighted by atomic mass is 79.9. The highest BCUT2D eigenvalue weighted by Crippen LogP contribution is 2.20. The van der Waals surface area contributed by atoms with E-state index in [1.165, 1.54) is 0 Å². The summed E-state index contributed by atoms with van der Waals surface area (Å²) in [6.07, 6.45) is 2.67. The Kier molecular flexibility index (Phi) is 3.02. The van der Waals surface area contributed by atoms with Gasteiger partial charge >= 0.3 is 0 Å². The van der Waals surface area contributed by atoms with Crippen LogP contribution in [0.4, 0.5) is 0 Å². The largest absolute Gasteiger partial charge is 0.323 e. The number of halogens is 1. The summed E-state index contributed by atoms with van der Waals surface area (Å²) in [4.78, 5) is 4.18. The Bertz CT molecular complexity index is 237. The Morgan fingerprint density at radius 2 is 2.45 bits per heavy atom. The molecule has 0 fully saturated rings. The van der Waals surface area contributed by atoms with E-state index < -0.39 is 0 Å². The van der Waals surface area contributed by atoms with Crippen molar-refractivity contribution < 1.29 is 0 Å². The quantitative estimate of drug-likeness (QED) is 0.821. The van der Waals surface area contributed by atoms with Crippen molar-refractivity contribution in [1.29, 1.82) is 0 Å². The molecule has 0 spiro atoms. The van der Waals surface area contributed by atoms with E-state index >= 15 is 0 Å². The molecule has 1 rings (SSSR count). The fourth-order valence-corrected chi connectivity index (χ4v) is 1.41. The summed E-state index contributed by atoms with van der Waals surface area (Å²) in [7, 11) is 0. The highest BCUT2D eigenvalue weighted by Gasteiger charge is 2.07. The van der Waals surface area contributed by atoms with Gasteiger partial charge in [0, 0.05) is 16.7 Å². The van der Waals surface area contributed by atoms with Crippen molar-refractivity contribution in [2.75, 3.05) is 0 Å². The molecule has 0 bridgehead atoms. The van der Waals surface area contributed by atoms with Crippen molar-refractivity contribution in [3.05, 3.63) is 28.5 Å². The molecule has 0 radical (unpaired) electrons. The van der Waals surface area contributed by atoms with Crippen LogP contribution in [0.25, 0.3) is 0 Å². The number of pyridine rings is 1. The molecule has 0 unspecified atom stereocenters. The molecule has 2 N–H and O–H groups in total. The highest BCUT2D eigenvalue weighted by molar-refractivity contribution is 9.10. The first-order valence-electron chi connectivity index (χ1n) is 3.61. The van der Waals surface area contributed by atoms with Crippen LogP contribution in [-0.2, 0) is 0 Å². The van der Waals surface area contributed by atoms with E-state index in [4.69, 9.17) is 5.73 Å². The van der Waals surface area contributed by atoms with E-state index in [0.717, 1.165) is 16.6 Å². The normalized spacial score (nSPS) is 13.0. The molecule has 1 atom stereocenters. The first-order chi connectivity index (χ1) is 5.25. The number of rotatable bonds is 2. The lowest BCUT2D eigenvalue weighted by molar-refractivity contribution is 0.672. The molecule has 0 aliphatic carbocycles. The Hall–Kier alpha value is -0.410. The lowest BCUT2D eigenvalue weighted by Gasteiger charge is -2.08. The zero-order valence-electron chi connectivity index (χ0n) is 6.42.